The summed E-state index contributed by atoms with van der Waals surface area (Å²) < 4.78 is 7.81. The first-order valence-electron chi connectivity index (χ1n) is 13.0. The maximum Gasteiger partial charge on any atom is 0.262 e. The third-order valence-corrected chi connectivity index (χ3v) is 6.72. The summed E-state index contributed by atoms with van der Waals surface area (Å²) in [7, 11) is 0. The number of aromatic nitrogens is 2. The lowest BCUT2D eigenvalue weighted by molar-refractivity contribution is -0.117. The molecule has 3 aromatic carbocycles. The number of rotatable bonds is 8. The number of nitriles is 1. The summed E-state index contributed by atoms with van der Waals surface area (Å²) in [6.45, 7) is 0.454. The van der Waals surface area contributed by atoms with Gasteiger partial charge in [-0.3, -0.25) is 4.79 Å². The van der Waals surface area contributed by atoms with Crippen LogP contribution in [-0.2, 0) is 11.4 Å². The lowest BCUT2D eigenvalue weighted by Crippen LogP contribution is -2.36. The molecule has 5 rings (SSSR count). The number of nitrogens with one attached hydrogen (secondary N) is 1. The van der Waals surface area contributed by atoms with E-state index in [1.54, 1.807) is 10.8 Å². The molecule has 6 nitrogen and oxygen atoms in total. The number of amides is 1. The van der Waals surface area contributed by atoms with Crippen molar-refractivity contribution in [2.24, 2.45) is 0 Å². The van der Waals surface area contributed by atoms with E-state index < -0.39 is 0 Å². The SMILES string of the molecule is N#C/C(=C/c1cn(-c2ccccc2)nc1-c1cccc(OCc2ccccc2)c1)C(=O)NC1CCCCC1. The van der Waals surface area contributed by atoms with Crippen molar-refractivity contribution in [1.29, 1.82) is 5.26 Å². The molecule has 0 saturated heterocycles. The summed E-state index contributed by atoms with van der Waals surface area (Å²) in [5.41, 5.74) is 4.22. The monoisotopic (exact) mass is 502 g/mol. The summed E-state index contributed by atoms with van der Waals surface area (Å²) in [6, 6.07) is 29.7. The fourth-order valence-electron chi connectivity index (χ4n) is 4.72. The Hall–Kier alpha value is -4.63. The van der Waals surface area contributed by atoms with Gasteiger partial charge in [0.1, 0.15) is 29.7 Å². The zero-order valence-corrected chi connectivity index (χ0v) is 21.2. The molecule has 0 aliphatic heterocycles. The van der Waals surface area contributed by atoms with Crippen LogP contribution in [0.1, 0.15) is 43.2 Å². The van der Waals surface area contributed by atoms with Crippen LogP contribution < -0.4 is 10.1 Å². The highest BCUT2D eigenvalue weighted by Gasteiger charge is 2.20. The average molecular weight is 503 g/mol. The van der Waals surface area contributed by atoms with E-state index in [0.717, 1.165) is 42.5 Å². The lowest BCUT2D eigenvalue weighted by Gasteiger charge is -2.22. The van der Waals surface area contributed by atoms with Gasteiger partial charge < -0.3 is 10.1 Å². The predicted molar refractivity (Wildman–Crippen MR) is 148 cm³/mol. The van der Waals surface area contributed by atoms with Gasteiger partial charge in [0.15, 0.2) is 0 Å². The molecule has 1 N–H and O–H groups in total. The van der Waals surface area contributed by atoms with Crippen molar-refractivity contribution in [3.05, 3.63) is 108 Å². The largest absolute Gasteiger partial charge is 0.489 e. The molecule has 0 unspecified atom stereocenters. The van der Waals surface area contributed by atoms with E-state index in [9.17, 15) is 10.1 Å². The molecule has 4 aromatic rings. The van der Waals surface area contributed by atoms with Crippen LogP contribution in [0.25, 0.3) is 23.0 Å². The molecule has 1 saturated carbocycles. The molecule has 1 amide bonds. The van der Waals surface area contributed by atoms with Gasteiger partial charge in [-0.2, -0.15) is 10.4 Å². The second-order valence-electron chi connectivity index (χ2n) is 9.49. The highest BCUT2D eigenvalue weighted by atomic mass is 16.5. The van der Waals surface area contributed by atoms with E-state index in [0.29, 0.717) is 23.6 Å². The van der Waals surface area contributed by atoms with Crippen LogP contribution in [0.4, 0.5) is 0 Å². The molecule has 0 bridgehead atoms. The molecule has 6 heteroatoms. The standard InChI is InChI=1S/C32H30N4O2/c33-21-26(32(37)34-28-14-6-2-7-15-28)19-27-22-36(29-16-8-3-9-17-29)35-31(27)25-13-10-18-30(20-25)38-23-24-11-4-1-5-12-24/h1,3-5,8-13,16-20,22,28H,2,6-7,14-15,23H2,(H,34,37)/b26-19-. The second-order valence-corrected chi connectivity index (χ2v) is 9.49. The molecular weight excluding hydrogens is 472 g/mol. The van der Waals surface area contributed by atoms with Gasteiger partial charge in [-0.05, 0) is 48.7 Å². The van der Waals surface area contributed by atoms with Crippen molar-refractivity contribution in [2.75, 3.05) is 0 Å². The number of ether oxygens (including phenoxy) is 1. The first kappa shape index (κ1) is 25.0. The Bertz CT molecular complexity index is 1450. The zero-order chi connectivity index (χ0) is 26.2. The maximum atomic E-state index is 13.0. The minimum atomic E-state index is -0.335. The van der Waals surface area contributed by atoms with Crippen molar-refractivity contribution in [3.63, 3.8) is 0 Å². The summed E-state index contributed by atoms with van der Waals surface area (Å²) >= 11 is 0. The molecule has 1 aliphatic carbocycles. The van der Waals surface area contributed by atoms with Gasteiger partial charge >= 0.3 is 0 Å². The van der Waals surface area contributed by atoms with Crippen molar-refractivity contribution in [1.82, 2.24) is 15.1 Å². The van der Waals surface area contributed by atoms with Crippen LogP contribution in [0, 0.1) is 11.3 Å². The van der Waals surface area contributed by atoms with Crippen LogP contribution in [0.3, 0.4) is 0 Å². The number of nitrogens with zero attached hydrogens (tertiary/aromatic N) is 3. The highest BCUT2D eigenvalue weighted by Crippen LogP contribution is 2.29. The zero-order valence-electron chi connectivity index (χ0n) is 21.2. The number of hydrogen-bond donors (Lipinski definition) is 1. The van der Waals surface area contributed by atoms with Gasteiger partial charge in [0.05, 0.1) is 5.69 Å². The third-order valence-electron chi connectivity index (χ3n) is 6.72. The number of benzene rings is 3. The van der Waals surface area contributed by atoms with Crippen LogP contribution in [0.15, 0.2) is 96.7 Å². The molecule has 1 aromatic heterocycles. The van der Waals surface area contributed by atoms with Crippen LogP contribution in [0.5, 0.6) is 5.75 Å². The molecule has 0 radical (unpaired) electrons. The predicted octanol–water partition coefficient (Wildman–Crippen LogP) is 6.47. The summed E-state index contributed by atoms with van der Waals surface area (Å²) in [5, 5.41) is 17.8. The molecule has 1 aliphatic rings. The Morgan fingerprint density at radius 2 is 1.74 bits per heavy atom. The summed E-state index contributed by atoms with van der Waals surface area (Å²) in [5.74, 6) is 0.379. The van der Waals surface area contributed by atoms with Crippen molar-refractivity contribution in [2.45, 2.75) is 44.8 Å². The molecular formula is C32H30N4O2. The fraction of sp³-hybridized carbons (Fsp3) is 0.219. The quantitative estimate of drug-likeness (QED) is 0.221. The van der Waals surface area contributed by atoms with E-state index in [2.05, 4.69) is 11.4 Å². The second kappa shape index (κ2) is 12.1. The molecule has 38 heavy (non-hydrogen) atoms. The molecule has 1 fully saturated rings. The van der Waals surface area contributed by atoms with Crippen molar-refractivity contribution < 1.29 is 9.53 Å². The normalized spacial score (nSPS) is 14.0. The molecule has 190 valence electrons. The minimum Gasteiger partial charge on any atom is -0.489 e. The number of para-hydroxylation sites is 1. The van der Waals surface area contributed by atoms with Crippen LogP contribution >= 0.6 is 0 Å². The number of hydrogen-bond acceptors (Lipinski definition) is 4. The van der Waals surface area contributed by atoms with E-state index in [1.807, 2.05) is 91.1 Å². The molecule has 1 heterocycles. The first-order valence-corrected chi connectivity index (χ1v) is 13.0. The van der Waals surface area contributed by atoms with Gasteiger partial charge in [-0.1, -0.05) is 79.9 Å². The van der Waals surface area contributed by atoms with E-state index in [-0.39, 0.29) is 17.5 Å². The summed E-state index contributed by atoms with van der Waals surface area (Å²) in [6.07, 6.45) is 8.81. The Morgan fingerprint density at radius 3 is 2.47 bits per heavy atom. The minimum absolute atomic E-state index is 0.0703. The Kier molecular flexibility index (Phi) is 7.95. The van der Waals surface area contributed by atoms with E-state index in [4.69, 9.17) is 9.84 Å². The van der Waals surface area contributed by atoms with Crippen molar-refractivity contribution in [3.8, 4) is 28.8 Å². The first-order chi connectivity index (χ1) is 18.7. The third kappa shape index (κ3) is 6.19. The van der Waals surface area contributed by atoms with E-state index >= 15 is 0 Å². The number of carbonyl (C=O) groups excluding carboxylic acids is 1. The van der Waals surface area contributed by atoms with Crippen molar-refractivity contribution >= 4 is 12.0 Å². The topological polar surface area (TPSA) is 79.9 Å². The van der Waals surface area contributed by atoms with Gasteiger partial charge in [-0.15, -0.1) is 0 Å². The van der Waals surface area contributed by atoms with Crippen LogP contribution in [-0.4, -0.2) is 21.7 Å². The Morgan fingerprint density at radius 1 is 1.00 bits per heavy atom. The van der Waals surface area contributed by atoms with Gasteiger partial charge in [0.2, 0.25) is 0 Å². The van der Waals surface area contributed by atoms with E-state index in [1.165, 1.54) is 6.42 Å². The Labute approximate surface area is 223 Å². The fourth-order valence-corrected chi connectivity index (χ4v) is 4.72. The Balaban J connectivity index is 1.46. The van der Waals surface area contributed by atoms with Gasteiger partial charge in [0, 0.05) is 23.4 Å². The molecule has 0 atom stereocenters. The smallest absolute Gasteiger partial charge is 0.262 e. The maximum absolute atomic E-state index is 13.0. The number of carbonyl (C=O) groups is 1. The van der Waals surface area contributed by atoms with Crippen LogP contribution in [0.2, 0.25) is 0 Å². The van der Waals surface area contributed by atoms with Gasteiger partial charge in [-0.25, -0.2) is 4.68 Å². The highest BCUT2D eigenvalue weighted by molar-refractivity contribution is 6.02. The summed E-state index contributed by atoms with van der Waals surface area (Å²) in [4.78, 5) is 13.0. The van der Waals surface area contributed by atoms with Gasteiger partial charge in [0.25, 0.3) is 5.91 Å². The average Bonchev–Trinajstić information content (AvgIpc) is 3.40. The lowest BCUT2D eigenvalue weighted by atomic mass is 9.95. The molecule has 0 spiro atoms.